The average Bonchev–Trinajstić information content (AvgIpc) is 2.26. The van der Waals surface area contributed by atoms with Crippen LogP contribution >= 0.6 is 0 Å². The average molecular weight is 260 g/mol. The Bertz CT molecular complexity index is 254. The summed E-state index contributed by atoms with van der Waals surface area (Å²) in [4.78, 5) is 14.0. The van der Waals surface area contributed by atoms with Gasteiger partial charge in [0.25, 0.3) is 0 Å². The molecule has 0 aromatic rings. The molecule has 1 aliphatic heterocycles. The fourth-order valence-corrected chi connectivity index (χ4v) is 2.25. The van der Waals surface area contributed by atoms with Gasteiger partial charge < -0.3 is 15.2 Å². The van der Waals surface area contributed by atoms with E-state index in [-0.39, 0.29) is 12.0 Å². The van der Waals surface area contributed by atoms with Crippen LogP contribution in [0.5, 0.6) is 0 Å². The van der Waals surface area contributed by atoms with Crippen molar-refractivity contribution in [3.05, 3.63) is 0 Å². The lowest BCUT2D eigenvalue weighted by Crippen LogP contribution is -2.52. The summed E-state index contributed by atoms with van der Waals surface area (Å²) in [7, 11) is -1.35. The fourth-order valence-electron chi connectivity index (χ4n) is 1.67. The largest absolute Gasteiger partial charge is 0.468 e. The van der Waals surface area contributed by atoms with Gasteiger partial charge in [-0.2, -0.15) is 0 Å². The molecule has 6 heteroatoms. The Kier molecular flexibility index (Phi) is 5.58. The highest BCUT2D eigenvalue weighted by Gasteiger charge is 2.31. The third kappa shape index (κ3) is 5.16. The zero-order valence-corrected chi connectivity index (χ0v) is 12.1. The molecule has 1 rings (SSSR count). The molecule has 0 unspecified atom stereocenters. The number of nitrogens with zero attached hydrogens (tertiary/aromatic N) is 1. The maximum Gasteiger partial charge on any atom is 0.325 e. The minimum atomic E-state index is -1.35. The van der Waals surface area contributed by atoms with Gasteiger partial charge in [0.15, 0.2) is 0 Å². The van der Waals surface area contributed by atoms with Gasteiger partial charge in [0.1, 0.15) is 6.04 Å². The van der Waals surface area contributed by atoms with Crippen molar-refractivity contribution in [1.29, 1.82) is 0 Å². The third-order valence-electron chi connectivity index (χ3n) is 2.58. The van der Waals surface area contributed by atoms with E-state index in [9.17, 15) is 4.79 Å². The number of hydrogen-bond acceptors (Lipinski definition) is 5. The molecule has 0 aromatic carbocycles. The predicted octanol–water partition coefficient (Wildman–Crippen LogP) is 0.0665. The van der Waals surface area contributed by atoms with Crippen molar-refractivity contribution < 1.29 is 14.3 Å². The van der Waals surface area contributed by atoms with Crippen LogP contribution in [0, 0.1) is 0 Å². The van der Waals surface area contributed by atoms with E-state index < -0.39 is 8.07 Å². The van der Waals surface area contributed by atoms with E-state index in [1.807, 2.05) is 0 Å². The van der Waals surface area contributed by atoms with Crippen LogP contribution in [0.2, 0.25) is 19.6 Å². The summed E-state index contributed by atoms with van der Waals surface area (Å²) in [6, 6.07) is -0.274. The van der Waals surface area contributed by atoms with E-state index in [1.54, 1.807) is 0 Å². The highest BCUT2D eigenvalue weighted by Crippen LogP contribution is 2.09. The third-order valence-corrected chi connectivity index (χ3v) is 3.59. The van der Waals surface area contributed by atoms with Crippen molar-refractivity contribution in [2.24, 2.45) is 5.73 Å². The molecule has 0 spiro atoms. The second-order valence-electron chi connectivity index (χ2n) is 5.58. The lowest BCUT2D eigenvalue weighted by molar-refractivity contribution is -0.154. The smallest absolute Gasteiger partial charge is 0.325 e. The van der Waals surface area contributed by atoms with Gasteiger partial charge in [-0.25, -0.2) is 0 Å². The Morgan fingerprint density at radius 3 is 2.82 bits per heavy atom. The number of carbonyl (C=O) groups is 1. The Morgan fingerprint density at radius 1 is 1.53 bits per heavy atom. The summed E-state index contributed by atoms with van der Waals surface area (Å²) >= 11 is 0. The number of ether oxygens (including phenoxy) is 2. The summed E-state index contributed by atoms with van der Waals surface area (Å²) < 4.78 is 10.7. The normalized spacial score (nSPS) is 22.5. The van der Waals surface area contributed by atoms with Crippen LogP contribution in [-0.2, 0) is 14.3 Å². The number of morpholine rings is 1. The Hall–Kier alpha value is -0.433. The molecule has 0 amide bonds. The van der Waals surface area contributed by atoms with Crippen LogP contribution in [0.1, 0.15) is 0 Å². The van der Waals surface area contributed by atoms with Gasteiger partial charge in [-0.15, -0.1) is 0 Å². The fraction of sp³-hybridized carbons (Fsp3) is 0.909. The molecule has 0 saturated carbocycles. The second kappa shape index (κ2) is 6.49. The molecule has 0 aliphatic carbocycles. The molecule has 1 atom stereocenters. The zero-order valence-electron chi connectivity index (χ0n) is 11.1. The molecule has 5 nitrogen and oxygen atoms in total. The zero-order chi connectivity index (χ0) is 12.9. The number of carbonyl (C=O) groups excluding carboxylic acids is 1. The maximum absolute atomic E-state index is 12.0. The summed E-state index contributed by atoms with van der Waals surface area (Å²) in [5.74, 6) is -0.166. The Labute approximate surface area is 104 Å². The predicted molar refractivity (Wildman–Crippen MR) is 69.5 cm³/mol. The number of nitrogens with two attached hydrogens (primary N) is 1. The number of hydrogen-bond donors (Lipinski definition) is 1. The minimum absolute atomic E-state index is 0.166. The Morgan fingerprint density at radius 2 is 2.24 bits per heavy atom. The highest BCUT2D eigenvalue weighted by molar-refractivity contribution is 6.76. The minimum Gasteiger partial charge on any atom is -0.468 e. The van der Waals surface area contributed by atoms with E-state index in [2.05, 4.69) is 24.5 Å². The van der Waals surface area contributed by atoms with Crippen molar-refractivity contribution in [3.8, 4) is 0 Å². The van der Waals surface area contributed by atoms with Gasteiger partial charge in [0.2, 0.25) is 0 Å². The van der Waals surface area contributed by atoms with Gasteiger partial charge in [-0.1, -0.05) is 19.6 Å². The van der Waals surface area contributed by atoms with Gasteiger partial charge in [-0.05, 0) is 0 Å². The van der Waals surface area contributed by atoms with Gasteiger partial charge in [0.05, 0.1) is 27.5 Å². The van der Waals surface area contributed by atoms with Crippen LogP contribution in [-0.4, -0.2) is 64.1 Å². The van der Waals surface area contributed by atoms with Crippen LogP contribution < -0.4 is 5.73 Å². The lowest BCUT2D eigenvalue weighted by atomic mass is 10.2. The molecule has 0 aromatic heterocycles. The lowest BCUT2D eigenvalue weighted by Gasteiger charge is -2.33. The van der Waals surface area contributed by atoms with E-state index in [4.69, 9.17) is 15.2 Å². The SMILES string of the molecule is C[Si](C)(C)COC(=O)[C@@H]1COCCN1CCN. The van der Waals surface area contributed by atoms with E-state index in [0.717, 1.165) is 13.1 Å². The first-order chi connectivity index (χ1) is 7.94. The molecular weight excluding hydrogens is 236 g/mol. The molecule has 2 N–H and O–H groups in total. The van der Waals surface area contributed by atoms with Crippen molar-refractivity contribution >= 4 is 14.0 Å². The molecular formula is C11H24N2O3Si. The van der Waals surface area contributed by atoms with Gasteiger partial charge >= 0.3 is 5.97 Å². The summed E-state index contributed by atoms with van der Waals surface area (Å²) in [5.41, 5.74) is 5.54. The first-order valence-corrected chi connectivity index (χ1v) is 9.83. The van der Waals surface area contributed by atoms with Crippen LogP contribution in [0.15, 0.2) is 0 Å². The quantitative estimate of drug-likeness (QED) is 0.560. The summed E-state index contributed by atoms with van der Waals surface area (Å²) in [6.07, 6.45) is 0.568. The highest BCUT2D eigenvalue weighted by atomic mass is 28.3. The molecule has 1 fully saturated rings. The number of esters is 1. The molecule has 17 heavy (non-hydrogen) atoms. The van der Waals surface area contributed by atoms with Gasteiger partial charge in [0, 0.05) is 19.6 Å². The standard InChI is InChI=1S/C11H24N2O3Si/c1-17(2,3)9-16-11(14)10-8-15-7-6-13(10)5-4-12/h10H,4-9,12H2,1-3H3/t10-/m0/s1. The monoisotopic (exact) mass is 260 g/mol. The van der Waals surface area contributed by atoms with Crippen molar-refractivity contribution in [1.82, 2.24) is 4.90 Å². The molecule has 0 bridgehead atoms. The van der Waals surface area contributed by atoms with E-state index in [0.29, 0.717) is 26.0 Å². The van der Waals surface area contributed by atoms with Gasteiger partial charge in [-0.3, -0.25) is 9.69 Å². The molecule has 100 valence electrons. The topological polar surface area (TPSA) is 64.8 Å². The molecule has 1 heterocycles. The maximum atomic E-state index is 12.0. The second-order valence-corrected chi connectivity index (χ2v) is 11.0. The summed E-state index contributed by atoms with van der Waals surface area (Å²) in [5, 5.41) is 0. The van der Waals surface area contributed by atoms with Crippen molar-refractivity contribution in [2.45, 2.75) is 25.7 Å². The van der Waals surface area contributed by atoms with E-state index >= 15 is 0 Å². The van der Waals surface area contributed by atoms with Crippen molar-refractivity contribution in [3.63, 3.8) is 0 Å². The van der Waals surface area contributed by atoms with E-state index in [1.165, 1.54) is 0 Å². The first-order valence-electron chi connectivity index (χ1n) is 6.12. The molecule has 1 saturated heterocycles. The first kappa shape index (κ1) is 14.6. The van der Waals surface area contributed by atoms with Crippen molar-refractivity contribution in [2.75, 3.05) is 39.1 Å². The molecule has 0 radical (unpaired) electrons. The van der Waals surface area contributed by atoms with Crippen LogP contribution in [0.4, 0.5) is 0 Å². The summed E-state index contributed by atoms with van der Waals surface area (Å²) in [6.45, 7) is 9.64. The Balaban J connectivity index is 2.47. The van der Waals surface area contributed by atoms with Crippen LogP contribution in [0.3, 0.4) is 0 Å². The molecule has 1 aliphatic rings. The van der Waals surface area contributed by atoms with Crippen LogP contribution in [0.25, 0.3) is 0 Å². The number of rotatable bonds is 5.